The van der Waals surface area contributed by atoms with Crippen LogP contribution in [-0.4, -0.2) is 29.1 Å². The second-order valence-corrected chi connectivity index (χ2v) is 5.83. The van der Waals surface area contributed by atoms with E-state index in [9.17, 15) is 0 Å². The predicted octanol–water partition coefficient (Wildman–Crippen LogP) is 3.33. The molecule has 0 radical (unpaired) electrons. The highest BCUT2D eigenvalue weighted by molar-refractivity contribution is 5.49. The molecule has 0 aliphatic rings. The number of nitrogens with one attached hydrogen (secondary N) is 1. The maximum absolute atomic E-state index is 4.78. The van der Waals surface area contributed by atoms with Crippen LogP contribution in [0.2, 0.25) is 0 Å². The summed E-state index contributed by atoms with van der Waals surface area (Å²) in [4.78, 5) is 11.7. The largest absolute Gasteiger partial charge is 0.369 e. The molecule has 0 spiro atoms. The lowest BCUT2D eigenvalue weighted by Gasteiger charge is -2.25. The van der Waals surface area contributed by atoms with Gasteiger partial charge in [-0.05, 0) is 13.3 Å². The van der Waals surface area contributed by atoms with Crippen LogP contribution in [0.4, 0.5) is 5.69 Å². The minimum atomic E-state index is 0.364. The van der Waals surface area contributed by atoms with Crippen LogP contribution in [0.1, 0.15) is 65.4 Å². The highest BCUT2D eigenvalue weighted by Crippen LogP contribution is 2.20. The first-order valence-electron chi connectivity index (χ1n) is 7.83. The molecule has 20 heavy (non-hydrogen) atoms. The van der Waals surface area contributed by atoms with Crippen LogP contribution in [0.3, 0.4) is 0 Å². The number of hydrogen-bond acceptors (Lipinski definition) is 4. The van der Waals surface area contributed by atoms with Gasteiger partial charge in [0.2, 0.25) is 0 Å². The number of aromatic nitrogens is 2. The van der Waals surface area contributed by atoms with E-state index < -0.39 is 0 Å². The Bertz CT molecular complexity index is 401. The van der Waals surface area contributed by atoms with Gasteiger partial charge in [-0.25, -0.2) is 9.97 Å². The van der Waals surface area contributed by atoms with E-state index in [-0.39, 0.29) is 0 Å². The van der Waals surface area contributed by atoms with Crippen molar-refractivity contribution in [3.63, 3.8) is 0 Å². The molecule has 0 amide bonds. The Kier molecular flexibility index (Phi) is 6.93. The van der Waals surface area contributed by atoms with Crippen LogP contribution in [0.5, 0.6) is 0 Å². The zero-order valence-corrected chi connectivity index (χ0v) is 13.9. The van der Waals surface area contributed by atoms with Gasteiger partial charge >= 0.3 is 0 Å². The van der Waals surface area contributed by atoms with E-state index in [4.69, 9.17) is 4.98 Å². The summed E-state index contributed by atoms with van der Waals surface area (Å²) in [5.41, 5.74) is 2.29. The molecule has 0 saturated heterocycles. The fraction of sp³-hybridized carbons (Fsp3) is 0.750. The SMILES string of the molecule is CCCN(CC)c1cnc(C(C)C)nc1CNC(C)C. The molecule has 0 atom stereocenters. The summed E-state index contributed by atoms with van der Waals surface area (Å²) in [6.45, 7) is 15.8. The normalized spacial score (nSPS) is 11.4. The molecule has 1 aromatic heterocycles. The van der Waals surface area contributed by atoms with Crippen molar-refractivity contribution >= 4 is 5.69 Å². The summed E-state index contributed by atoms with van der Waals surface area (Å²) in [6.07, 6.45) is 3.13. The fourth-order valence-corrected chi connectivity index (χ4v) is 2.12. The first-order chi connectivity index (χ1) is 9.49. The second kappa shape index (κ2) is 8.20. The molecule has 0 unspecified atom stereocenters. The zero-order chi connectivity index (χ0) is 15.1. The quantitative estimate of drug-likeness (QED) is 0.792. The van der Waals surface area contributed by atoms with E-state index in [1.165, 1.54) is 5.69 Å². The van der Waals surface area contributed by atoms with Crippen LogP contribution in [-0.2, 0) is 6.54 Å². The van der Waals surface area contributed by atoms with E-state index in [1.54, 1.807) is 0 Å². The molecule has 0 bridgehead atoms. The third-order valence-electron chi connectivity index (χ3n) is 3.27. The highest BCUT2D eigenvalue weighted by Gasteiger charge is 2.14. The molecule has 4 heteroatoms. The molecule has 0 aliphatic carbocycles. The van der Waals surface area contributed by atoms with Crippen molar-refractivity contribution in [2.45, 2.75) is 66.5 Å². The maximum Gasteiger partial charge on any atom is 0.131 e. The van der Waals surface area contributed by atoms with Gasteiger partial charge in [0.1, 0.15) is 5.82 Å². The Balaban J connectivity index is 3.06. The first kappa shape index (κ1) is 16.9. The van der Waals surface area contributed by atoms with E-state index in [0.29, 0.717) is 12.0 Å². The van der Waals surface area contributed by atoms with E-state index in [0.717, 1.165) is 37.6 Å². The lowest BCUT2D eigenvalue weighted by Crippen LogP contribution is -2.29. The number of rotatable bonds is 8. The van der Waals surface area contributed by atoms with Crippen molar-refractivity contribution in [3.8, 4) is 0 Å². The van der Waals surface area contributed by atoms with Crippen LogP contribution in [0.25, 0.3) is 0 Å². The van der Waals surface area contributed by atoms with Gasteiger partial charge in [-0.3, -0.25) is 0 Å². The summed E-state index contributed by atoms with van der Waals surface area (Å²) in [5, 5.41) is 3.47. The molecule has 0 aromatic carbocycles. The van der Waals surface area contributed by atoms with Crippen molar-refractivity contribution in [2.75, 3.05) is 18.0 Å². The Hall–Kier alpha value is -1.16. The van der Waals surface area contributed by atoms with Gasteiger partial charge in [0.15, 0.2) is 0 Å². The molecule has 4 nitrogen and oxygen atoms in total. The van der Waals surface area contributed by atoms with E-state index in [2.05, 4.69) is 56.7 Å². The molecule has 1 heterocycles. The molecule has 114 valence electrons. The third kappa shape index (κ3) is 4.75. The Morgan fingerprint density at radius 1 is 1.20 bits per heavy atom. The van der Waals surface area contributed by atoms with Crippen molar-refractivity contribution in [3.05, 3.63) is 17.7 Å². The molecule has 1 aromatic rings. The van der Waals surface area contributed by atoms with Crippen molar-refractivity contribution < 1.29 is 0 Å². The number of hydrogen-bond donors (Lipinski definition) is 1. The zero-order valence-electron chi connectivity index (χ0n) is 13.9. The molecular formula is C16H30N4. The van der Waals surface area contributed by atoms with Crippen molar-refractivity contribution in [2.24, 2.45) is 0 Å². The fourth-order valence-electron chi connectivity index (χ4n) is 2.12. The Morgan fingerprint density at radius 2 is 1.90 bits per heavy atom. The van der Waals surface area contributed by atoms with Crippen LogP contribution < -0.4 is 10.2 Å². The van der Waals surface area contributed by atoms with Crippen LogP contribution >= 0.6 is 0 Å². The molecule has 0 fully saturated rings. The van der Waals surface area contributed by atoms with Gasteiger partial charge in [-0.15, -0.1) is 0 Å². The maximum atomic E-state index is 4.78. The molecule has 1 N–H and O–H groups in total. The van der Waals surface area contributed by atoms with Crippen molar-refractivity contribution in [1.82, 2.24) is 15.3 Å². The first-order valence-corrected chi connectivity index (χ1v) is 7.83. The second-order valence-electron chi connectivity index (χ2n) is 5.83. The Morgan fingerprint density at radius 3 is 2.40 bits per heavy atom. The van der Waals surface area contributed by atoms with Crippen LogP contribution in [0.15, 0.2) is 6.20 Å². The lowest BCUT2D eigenvalue weighted by atomic mass is 10.2. The Labute approximate surface area is 124 Å². The summed E-state index contributed by atoms with van der Waals surface area (Å²) in [5.74, 6) is 1.30. The smallest absolute Gasteiger partial charge is 0.131 e. The molecular weight excluding hydrogens is 248 g/mol. The molecule has 0 saturated carbocycles. The summed E-state index contributed by atoms with van der Waals surface area (Å²) >= 11 is 0. The summed E-state index contributed by atoms with van der Waals surface area (Å²) in [7, 11) is 0. The van der Waals surface area contributed by atoms with E-state index >= 15 is 0 Å². The number of anilines is 1. The highest BCUT2D eigenvalue weighted by atomic mass is 15.1. The van der Waals surface area contributed by atoms with Gasteiger partial charge in [-0.1, -0.05) is 34.6 Å². The van der Waals surface area contributed by atoms with Crippen molar-refractivity contribution in [1.29, 1.82) is 0 Å². The predicted molar refractivity (Wildman–Crippen MR) is 86.3 cm³/mol. The van der Waals surface area contributed by atoms with Crippen LogP contribution in [0, 0.1) is 0 Å². The lowest BCUT2D eigenvalue weighted by molar-refractivity contribution is 0.575. The van der Waals surface area contributed by atoms with Gasteiger partial charge in [-0.2, -0.15) is 0 Å². The molecule has 1 rings (SSSR count). The summed E-state index contributed by atoms with van der Waals surface area (Å²) < 4.78 is 0. The average Bonchev–Trinajstić information content (AvgIpc) is 2.42. The topological polar surface area (TPSA) is 41.1 Å². The number of nitrogens with zero attached hydrogens (tertiary/aromatic N) is 3. The molecule has 0 aliphatic heterocycles. The van der Waals surface area contributed by atoms with Gasteiger partial charge in [0.05, 0.1) is 17.6 Å². The minimum Gasteiger partial charge on any atom is -0.369 e. The standard InChI is InChI=1S/C16H30N4/c1-7-9-20(8-2)15-11-18-16(12(3)4)19-14(15)10-17-13(5)6/h11-13,17H,7-10H2,1-6H3. The third-order valence-corrected chi connectivity index (χ3v) is 3.27. The monoisotopic (exact) mass is 278 g/mol. The average molecular weight is 278 g/mol. The van der Waals surface area contributed by atoms with Gasteiger partial charge < -0.3 is 10.2 Å². The minimum absolute atomic E-state index is 0.364. The van der Waals surface area contributed by atoms with E-state index in [1.807, 2.05) is 6.20 Å². The summed E-state index contributed by atoms with van der Waals surface area (Å²) in [6, 6.07) is 0.460. The van der Waals surface area contributed by atoms with Gasteiger partial charge in [0.25, 0.3) is 0 Å². The van der Waals surface area contributed by atoms with Gasteiger partial charge in [0, 0.05) is 31.6 Å².